The molecule has 0 amide bonds. The normalized spacial score (nSPS) is 9.87. The lowest BCUT2D eigenvalue weighted by Gasteiger charge is -2.01. The van der Waals surface area contributed by atoms with Crippen LogP contribution in [-0.4, -0.2) is 14.8 Å². The molecule has 0 aliphatic carbocycles. The summed E-state index contributed by atoms with van der Waals surface area (Å²) in [6.07, 6.45) is 1.50. The van der Waals surface area contributed by atoms with E-state index in [1.54, 1.807) is 10.7 Å². The Morgan fingerprint density at radius 1 is 1.40 bits per heavy atom. The molecule has 0 aliphatic heterocycles. The highest BCUT2D eigenvalue weighted by Crippen LogP contribution is 2.27. The summed E-state index contributed by atoms with van der Waals surface area (Å²) < 4.78 is 1.68. The monoisotopic (exact) mass is 216 g/mol. The highest BCUT2D eigenvalue weighted by Gasteiger charge is 2.06. The summed E-state index contributed by atoms with van der Waals surface area (Å²) in [6.45, 7) is 0. The summed E-state index contributed by atoms with van der Waals surface area (Å²) in [4.78, 5) is 4.99. The minimum Gasteiger partial charge on any atom is -0.244 e. The number of hydrogen-bond donors (Lipinski definition) is 0. The van der Waals surface area contributed by atoms with E-state index in [0.717, 1.165) is 10.1 Å². The summed E-state index contributed by atoms with van der Waals surface area (Å²) in [5.74, 6) is 0. The number of benzene rings is 1. The number of aromatic nitrogens is 3. The highest BCUT2D eigenvalue weighted by molar-refractivity contribution is 7.99. The van der Waals surface area contributed by atoms with Crippen molar-refractivity contribution in [3.63, 3.8) is 0 Å². The van der Waals surface area contributed by atoms with Gasteiger partial charge in [-0.05, 0) is 23.9 Å². The molecule has 0 fully saturated rings. The van der Waals surface area contributed by atoms with Gasteiger partial charge < -0.3 is 0 Å². The van der Waals surface area contributed by atoms with Crippen LogP contribution in [-0.2, 0) is 7.05 Å². The van der Waals surface area contributed by atoms with Crippen LogP contribution in [0.3, 0.4) is 0 Å². The Kier molecular flexibility index (Phi) is 2.70. The molecule has 2 aromatic rings. The van der Waals surface area contributed by atoms with Crippen LogP contribution in [0.5, 0.6) is 0 Å². The number of rotatable bonds is 2. The van der Waals surface area contributed by atoms with Crippen molar-refractivity contribution in [3.05, 3.63) is 36.2 Å². The zero-order valence-corrected chi connectivity index (χ0v) is 8.90. The van der Waals surface area contributed by atoms with Crippen LogP contribution in [0, 0.1) is 11.3 Å². The highest BCUT2D eigenvalue weighted by atomic mass is 32.2. The number of nitriles is 1. The average molecular weight is 216 g/mol. The van der Waals surface area contributed by atoms with E-state index in [9.17, 15) is 0 Å². The van der Waals surface area contributed by atoms with Crippen LogP contribution in [0.4, 0.5) is 0 Å². The number of nitrogens with zero attached hydrogens (tertiary/aromatic N) is 4. The molecule has 0 N–H and O–H groups in total. The van der Waals surface area contributed by atoms with E-state index in [1.165, 1.54) is 18.1 Å². The predicted molar refractivity (Wildman–Crippen MR) is 56.3 cm³/mol. The lowest BCUT2D eigenvalue weighted by molar-refractivity contribution is 0.685. The van der Waals surface area contributed by atoms with Crippen LogP contribution in [0.15, 0.2) is 40.6 Å². The van der Waals surface area contributed by atoms with Gasteiger partial charge in [-0.1, -0.05) is 12.1 Å². The molecule has 1 aromatic heterocycles. The fourth-order valence-electron chi connectivity index (χ4n) is 1.12. The summed E-state index contributed by atoms with van der Waals surface area (Å²) in [7, 11) is 1.82. The number of aryl methyl sites for hydroxylation is 1. The molecular weight excluding hydrogens is 208 g/mol. The molecule has 0 spiro atoms. The van der Waals surface area contributed by atoms with E-state index in [2.05, 4.69) is 16.2 Å². The molecule has 0 atom stereocenters. The molecule has 4 nitrogen and oxygen atoms in total. The third-order valence-corrected chi connectivity index (χ3v) is 3.01. The third kappa shape index (κ3) is 2.00. The second-order valence-electron chi connectivity index (χ2n) is 2.88. The fraction of sp³-hybridized carbons (Fsp3) is 0.100. The van der Waals surface area contributed by atoms with Crippen molar-refractivity contribution >= 4 is 11.8 Å². The summed E-state index contributed by atoms with van der Waals surface area (Å²) >= 11 is 1.44. The molecular formula is C10H8N4S. The van der Waals surface area contributed by atoms with E-state index in [1.807, 2.05) is 25.2 Å². The SMILES string of the molecule is Cn1ncnc1Sc1ccccc1C#N. The maximum Gasteiger partial charge on any atom is 0.190 e. The standard InChI is InChI=1S/C10H8N4S/c1-14-10(12-7-13-14)15-9-5-3-2-4-8(9)6-11/h2-5,7H,1H3. The predicted octanol–water partition coefficient (Wildman–Crippen LogP) is 1.84. The minimum atomic E-state index is 0.658. The van der Waals surface area contributed by atoms with Gasteiger partial charge in [-0.25, -0.2) is 9.67 Å². The quantitative estimate of drug-likeness (QED) is 0.768. The second-order valence-corrected chi connectivity index (χ2v) is 3.89. The average Bonchev–Trinajstić information content (AvgIpc) is 2.65. The molecule has 0 saturated carbocycles. The largest absolute Gasteiger partial charge is 0.244 e. The lowest BCUT2D eigenvalue weighted by Crippen LogP contribution is -1.92. The Morgan fingerprint density at radius 2 is 2.20 bits per heavy atom. The van der Waals surface area contributed by atoms with E-state index in [4.69, 9.17) is 5.26 Å². The Bertz CT molecular complexity index is 512. The smallest absolute Gasteiger partial charge is 0.190 e. The van der Waals surface area contributed by atoms with Crippen molar-refractivity contribution in [2.45, 2.75) is 10.1 Å². The molecule has 0 unspecified atom stereocenters. The van der Waals surface area contributed by atoms with E-state index in [0.29, 0.717) is 5.56 Å². The van der Waals surface area contributed by atoms with Crippen molar-refractivity contribution in [2.75, 3.05) is 0 Å². The van der Waals surface area contributed by atoms with Gasteiger partial charge in [0, 0.05) is 11.9 Å². The van der Waals surface area contributed by atoms with Crippen molar-refractivity contribution in [3.8, 4) is 6.07 Å². The molecule has 15 heavy (non-hydrogen) atoms. The van der Waals surface area contributed by atoms with Gasteiger partial charge in [0.05, 0.1) is 5.56 Å². The zero-order chi connectivity index (χ0) is 10.7. The first-order valence-corrected chi connectivity index (χ1v) is 5.14. The second kappa shape index (κ2) is 4.15. The molecule has 2 rings (SSSR count). The molecule has 0 radical (unpaired) electrons. The third-order valence-electron chi connectivity index (χ3n) is 1.88. The van der Waals surface area contributed by atoms with Crippen LogP contribution in [0.25, 0.3) is 0 Å². The molecule has 74 valence electrons. The first-order chi connectivity index (χ1) is 7.31. The van der Waals surface area contributed by atoms with Crippen molar-refractivity contribution in [1.82, 2.24) is 14.8 Å². The Balaban J connectivity index is 2.33. The van der Waals surface area contributed by atoms with Crippen molar-refractivity contribution < 1.29 is 0 Å². The van der Waals surface area contributed by atoms with Crippen LogP contribution in [0.2, 0.25) is 0 Å². The molecule has 1 heterocycles. The van der Waals surface area contributed by atoms with Crippen LogP contribution < -0.4 is 0 Å². The molecule has 5 heteroatoms. The number of hydrogen-bond acceptors (Lipinski definition) is 4. The molecule has 0 bridgehead atoms. The summed E-state index contributed by atoms with van der Waals surface area (Å²) in [5, 5.41) is 13.7. The maximum atomic E-state index is 8.91. The first kappa shape index (κ1) is 9.74. The molecule has 1 aromatic carbocycles. The van der Waals surface area contributed by atoms with E-state index in [-0.39, 0.29) is 0 Å². The Morgan fingerprint density at radius 3 is 2.87 bits per heavy atom. The van der Waals surface area contributed by atoms with Crippen LogP contribution in [0.1, 0.15) is 5.56 Å². The van der Waals surface area contributed by atoms with Crippen LogP contribution >= 0.6 is 11.8 Å². The lowest BCUT2D eigenvalue weighted by atomic mass is 10.2. The molecule has 0 aliphatic rings. The van der Waals surface area contributed by atoms with Gasteiger partial charge in [0.15, 0.2) is 5.16 Å². The van der Waals surface area contributed by atoms with Gasteiger partial charge in [-0.2, -0.15) is 10.4 Å². The maximum absolute atomic E-state index is 8.91. The van der Waals surface area contributed by atoms with Gasteiger partial charge in [0.25, 0.3) is 0 Å². The van der Waals surface area contributed by atoms with Crippen molar-refractivity contribution in [1.29, 1.82) is 5.26 Å². The molecule has 0 saturated heterocycles. The van der Waals surface area contributed by atoms with E-state index >= 15 is 0 Å². The van der Waals surface area contributed by atoms with Crippen molar-refractivity contribution in [2.24, 2.45) is 7.05 Å². The topological polar surface area (TPSA) is 54.5 Å². The Hall–Kier alpha value is -1.80. The van der Waals surface area contributed by atoms with Gasteiger partial charge in [-0.3, -0.25) is 0 Å². The first-order valence-electron chi connectivity index (χ1n) is 4.32. The van der Waals surface area contributed by atoms with Gasteiger partial charge >= 0.3 is 0 Å². The Labute approximate surface area is 91.6 Å². The van der Waals surface area contributed by atoms with Gasteiger partial charge in [-0.15, -0.1) is 0 Å². The van der Waals surface area contributed by atoms with E-state index < -0.39 is 0 Å². The minimum absolute atomic E-state index is 0.658. The van der Waals surface area contributed by atoms with Gasteiger partial charge in [0.1, 0.15) is 12.4 Å². The zero-order valence-electron chi connectivity index (χ0n) is 8.08. The summed E-state index contributed by atoms with van der Waals surface area (Å²) in [5.41, 5.74) is 0.658. The fourth-order valence-corrected chi connectivity index (χ4v) is 1.97. The summed E-state index contributed by atoms with van der Waals surface area (Å²) in [6, 6.07) is 9.59. The van der Waals surface area contributed by atoms with Gasteiger partial charge in [0.2, 0.25) is 0 Å².